The Balaban J connectivity index is 1.61. The Morgan fingerprint density at radius 2 is 2.00 bits per heavy atom. The van der Waals surface area contributed by atoms with Crippen molar-refractivity contribution in [3.05, 3.63) is 29.4 Å². The molecule has 0 spiro atoms. The minimum atomic E-state index is -0.465. The summed E-state index contributed by atoms with van der Waals surface area (Å²) in [5.74, 6) is 1.25. The number of fused-ring (bicyclic) bond motifs is 1. The van der Waals surface area contributed by atoms with Crippen LogP contribution in [-0.2, 0) is 4.74 Å². The summed E-state index contributed by atoms with van der Waals surface area (Å²) in [6, 6.07) is 7.71. The molecule has 1 saturated heterocycles. The van der Waals surface area contributed by atoms with Gasteiger partial charge in [-0.05, 0) is 51.7 Å². The number of benzene rings is 1. The zero-order valence-corrected chi connectivity index (χ0v) is 16.9. The van der Waals surface area contributed by atoms with E-state index in [1.807, 2.05) is 49.9 Å². The predicted octanol–water partition coefficient (Wildman–Crippen LogP) is 5.02. The van der Waals surface area contributed by atoms with Crippen LogP contribution in [0.1, 0.15) is 33.6 Å². The van der Waals surface area contributed by atoms with E-state index in [1.165, 1.54) is 0 Å². The fourth-order valence-electron chi connectivity index (χ4n) is 2.94. The van der Waals surface area contributed by atoms with Crippen molar-refractivity contribution in [2.24, 2.45) is 5.92 Å². The van der Waals surface area contributed by atoms with E-state index in [9.17, 15) is 4.79 Å². The summed E-state index contributed by atoms with van der Waals surface area (Å²) in [6.45, 7) is 7.14. The maximum atomic E-state index is 12.3. The molecule has 3 rings (SSSR count). The maximum absolute atomic E-state index is 12.3. The van der Waals surface area contributed by atoms with E-state index in [-0.39, 0.29) is 6.09 Å². The van der Waals surface area contributed by atoms with Crippen LogP contribution in [0, 0.1) is 5.92 Å². The SMILES string of the molecule is CC(C)(C)OC(=O)N1CCCC(CSc2nc3ccccc3nc2Cl)C1. The summed E-state index contributed by atoms with van der Waals surface area (Å²) in [7, 11) is 0. The van der Waals surface area contributed by atoms with Gasteiger partial charge in [0, 0.05) is 18.8 Å². The molecule has 1 aliphatic heterocycles. The molecule has 0 aliphatic carbocycles. The standard InChI is InChI=1S/C19H24ClN3O2S/c1-19(2,3)25-18(24)23-10-6-7-13(11-23)12-26-17-16(20)21-14-8-4-5-9-15(14)22-17/h4-5,8-9,13H,6-7,10-12H2,1-3H3. The first-order chi connectivity index (χ1) is 12.3. The van der Waals surface area contributed by atoms with E-state index >= 15 is 0 Å². The summed E-state index contributed by atoms with van der Waals surface area (Å²) < 4.78 is 5.49. The number of hydrogen-bond donors (Lipinski definition) is 0. The smallest absolute Gasteiger partial charge is 0.410 e. The van der Waals surface area contributed by atoms with Gasteiger partial charge >= 0.3 is 6.09 Å². The maximum Gasteiger partial charge on any atom is 0.410 e. The number of amides is 1. The highest BCUT2D eigenvalue weighted by Crippen LogP contribution is 2.30. The van der Waals surface area contributed by atoms with Gasteiger partial charge in [-0.1, -0.05) is 23.7 Å². The van der Waals surface area contributed by atoms with E-state index in [0.717, 1.165) is 41.2 Å². The number of nitrogens with zero attached hydrogens (tertiary/aromatic N) is 3. The Morgan fingerprint density at radius 1 is 1.31 bits per heavy atom. The Morgan fingerprint density at radius 3 is 2.69 bits per heavy atom. The van der Waals surface area contributed by atoms with Gasteiger partial charge in [0.05, 0.1) is 11.0 Å². The third-order valence-corrected chi connectivity index (χ3v) is 5.70. The second kappa shape index (κ2) is 8.01. The quantitative estimate of drug-likeness (QED) is 0.685. The van der Waals surface area contributed by atoms with Gasteiger partial charge in [0.1, 0.15) is 10.6 Å². The summed E-state index contributed by atoms with van der Waals surface area (Å²) in [5.41, 5.74) is 1.18. The second-order valence-electron chi connectivity index (χ2n) is 7.55. The number of piperidine rings is 1. The van der Waals surface area contributed by atoms with Gasteiger partial charge in [0.25, 0.3) is 0 Å². The first-order valence-corrected chi connectivity index (χ1v) is 10.2. The molecule has 7 heteroatoms. The van der Waals surface area contributed by atoms with Gasteiger partial charge in [-0.25, -0.2) is 14.8 Å². The molecule has 2 heterocycles. The minimum Gasteiger partial charge on any atom is -0.444 e. The molecule has 0 radical (unpaired) electrons. The van der Waals surface area contributed by atoms with Crippen LogP contribution in [0.5, 0.6) is 0 Å². The number of carbonyl (C=O) groups is 1. The van der Waals surface area contributed by atoms with E-state index in [0.29, 0.717) is 17.6 Å². The number of ether oxygens (including phenoxy) is 1. The number of para-hydroxylation sites is 2. The molecule has 0 bridgehead atoms. The molecule has 0 N–H and O–H groups in total. The third-order valence-electron chi connectivity index (χ3n) is 4.13. The van der Waals surface area contributed by atoms with Gasteiger partial charge < -0.3 is 9.64 Å². The van der Waals surface area contributed by atoms with Gasteiger partial charge in [-0.2, -0.15) is 0 Å². The lowest BCUT2D eigenvalue weighted by molar-refractivity contribution is 0.0177. The number of hydrogen-bond acceptors (Lipinski definition) is 5. The van der Waals surface area contributed by atoms with Crippen LogP contribution in [-0.4, -0.2) is 45.4 Å². The Labute approximate surface area is 163 Å². The highest BCUT2D eigenvalue weighted by molar-refractivity contribution is 7.99. The molecule has 140 valence electrons. The molecular formula is C19H24ClN3O2S. The lowest BCUT2D eigenvalue weighted by Gasteiger charge is -2.34. The minimum absolute atomic E-state index is 0.226. The van der Waals surface area contributed by atoms with Crippen LogP contribution in [0.25, 0.3) is 11.0 Å². The molecule has 1 atom stereocenters. The first kappa shape index (κ1) is 19.2. The fraction of sp³-hybridized carbons (Fsp3) is 0.526. The van der Waals surface area contributed by atoms with Gasteiger partial charge in [0.15, 0.2) is 5.15 Å². The van der Waals surface area contributed by atoms with Crippen LogP contribution in [0.15, 0.2) is 29.3 Å². The lowest BCUT2D eigenvalue weighted by atomic mass is 10.0. The van der Waals surface area contributed by atoms with Crippen LogP contribution >= 0.6 is 23.4 Å². The molecule has 2 aromatic rings. The van der Waals surface area contributed by atoms with Crippen molar-refractivity contribution in [1.82, 2.24) is 14.9 Å². The zero-order valence-electron chi connectivity index (χ0n) is 15.4. The summed E-state index contributed by atoms with van der Waals surface area (Å²) in [4.78, 5) is 23.1. The van der Waals surface area contributed by atoms with Crippen molar-refractivity contribution < 1.29 is 9.53 Å². The Hall–Kier alpha value is -1.53. The Kier molecular flexibility index (Phi) is 5.92. The molecule has 26 heavy (non-hydrogen) atoms. The topological polar surface area (TPSA) is 55.3 Å². The average molecular weight is 394 g/mol. The van der Waals surface area contributed by atoms with E-state index < -0.39 is 5.60 Å². The monoisotopic (exact) mass is 393 g/mol. The lowest BCUT2D eigenvalue weighted by Crippen LogP contribution is -2.43. The highest BCUT2D eigenvalue weighted by atomic mass is 35.5. The molecule has 1 amide bonds. The van der Waals surface area contributed by atoms with Gasteiger partial charge in [-0.3, -0.25) is 0 Å². The molecule has 1 aromatic heterocycles. The summed E-state index contributed by atoms with van der Waals surface area (Å²) in [5, 5.41) is 1.19. The third kappa shape index (κ3) is 5.01. The fourth-order valence-corrected chi connectivity index (χ4v) is 4.23. The van der Waals surface area contributed by atoms with E-state index in [2.05, 4.69) is 9.97 Å². The number of thioether (sulfide) groups is 1. The summed E-state index contributed by atoms with van der Waals surface area (Å²) >= 11 is 7.90. The van der Waals surface area contributed by atoms with Crippen molar-refractivity contribution >= 4 is 40.5 Å². The van der Waals surface area contributed by atoms with Crippen LogP contribution in [0.2, 0.25) is 5.15 Å². The van der Waals surface area contributed by atoms with Crippen molar-refractivity contribution in [2.75, 3.05) is 18.8 Å². The predicted molar refractivity (Wildman–Crippen MR) is 106 cm³/mol. The molecule has 5 nitrogen and oxygen atoms in total. The molecule has 1 unspecified atom stereocenters. The number of rotatable bonds is 3. The van der Waals surface area contributed by atoms with Crippen molar-refractivity contribution in [1.29, 1.82) is 0 Å². The normalized spacial score (nSPS) is 18.2. The van der Waals surface area contributed by atoms with Crippen molar-refractivity contribution in [3.8, 4) is 0 Å². The number of halogens is 1. The zero-order chi connectivity index (χ0) is 18.7. The molecule has 1 fully saturated rings. The van der Waals surface area contributed by atoms with Crippen LogP contribution in [0.3, 0.4) is 0 Å². The van der Waals surface area contributed by atoms with Crippen molar-refractivity contribution in [2.45, 2.75) is 44.2 Å². The molecule has 0 saturated carbocycles. The first-order valence-electron chi connectivity index (χ1n) is 8.85. The molecular weight excluding hydrogens is 370 g/mol. The Bertz CT molecular complexity index is 794. The molecule has 1 aromatic carbocycles. The molecule has 1 aliphatic rings. The summed E-state index contributed by atoms with van der Waals surface area (Å²) in [6.07, 6.45) is 1.85. The average Bonchev–Trinajstić information content (AvgIpc) is 2.58. The van der Waals surface area contributed by atoms with Crippen molar-refractivity contribution in [3.63, 3.8) is 0 Å². The van der Waals surface area contributed by atoms with Gasteiger partial charge in [0.2, 0.25) is 0 Å². The second-order valence-corrected chi connectivity index (χ2v) is 8.92. The van der Waals surface area contributed by atoms with E-state index in [1.54, 1.807) is 11.8 Å². The largest absolute Gasteiger partial charge is 0.444 e. The number of carbonyl (C=O) groups excluding carboxylic acids is 1. The number of aromatic nitrogens is 2. The van der Waals surface area contributed by atoms with Crippen LogP contribution in [0.4, 0.5) is 4.79 Å². The van der Waals surface area contributed by atoms with E-state index in [4.69, 9.17) is 16.3 Å². The van der Waals surface area contributed by atoms with Gasteiger partial charge in [-0.15, -0.1) is 11.8 Å². The van der Waals surface area contributed by atoms with Crippen LogP contribution < -0.4 is 0 Å². The highest BCUT2D eigenvalue weighted by Gasteiger charge is 2.27. The number of likely N-dealkylation sites (tertiary alicyclic amines) is 1.